The van der Waals surface area contributed by atoms with Crippen LogP contribution in [0.25, 0.3) is 0 Å². The largest absolute Gasteiger partial charge is 0.495 e. The van der Waals surface area contributed by atoms with E-state index in [2.05, 4.69) is 15.6 Å². The van der Waals surface area contributed by atoms with Crippen LogP contribution in [-0.4, -0.2) is 30.5 Å². The van der Waals surface area contributed by atoms with Crippen molar-refractivity contribution in [2.24, 2.45) is 0 Å². The molecule has 2 amide bonds. The summed E-state index contributed by atoms with van der Waals surface area (Å²) in [5.74, 6) is -0.0592. The van der Waals surface area contributed by atoms with Crippen molar-refractivity contribution in [3.05, 3.63) is 53.9 Å². The first-order chi connectivity index (χ1) is 11.2. The fourth-order valence-electron chi connectivity index (χ4n) is 1.97. The topological polar surface area (TPSA) is 80.3 Å². The van der Waals surface area contributed by atoms with Gasteiger partial charge in [-0.1, -0.05) is 19.1 Å². The van der Waals surface area contributed by atoms with E-state index in [1.807, 2.05) is 13.0 Å². The molecule has 0 bridgehead atoms. The highest BCUT2D eigenvalue weighted by Crippen LogP contribution is 2.23. The molecule has 1 aromatic heterocycles. The molecule has 0 aliphatic carbocycles. The summed E-state index contributed by atoms with van der Waals surface area (Å²) in [6, 6.07) is 10.1. The Balaban J connectivity index is 2.15. The molecule has 0 spiro atoms. The molecule has 0 aliphatic heterocycles. The lowest BCUT2D eigenvalue weighted by Gasteiger charge is -2.10. The van der Waals surface area contributed by atoms with Gasteiger partial charge in [-0.3, -0.25) is 14.6 Å². The number of anilines is 1. The van der Waals surface area contributed by atoms with Gasteiger partial charge in [0.2, 0.25) is 0 Å². The fraction of sp³-hybridized carbons (Fsp3) is 0.235. The fourth-order valence-corrected chi connectivity index (χ4v) is 1.97. The number of hydrogen-bond acceptors (Lipinski definition) is 4. The maximum Gasteiger partial charge on any atom is 0.269 e. The van der Waals surface area contributed by atoms with E-state index in [4.69, 9.17) is 4.74 Å². The van der Waals surface area contributed by atoms with Crippen molar-refractivity contribution >= 4 is 17.5 Å². The lowest BCUT2D eigenvalue weighted by molar-refractivity contribution is 0.0948. The molecule has 120 valence electrons. The van der Waals surface area contributed by atoms with Gasteiger partial charge in [0.05, 0.1) is 12.8 Å². The highest BCUT2D eigenvalue weighted by molar-refractivity contribution is 6.06. The van der Waals surface area contributed by atoms with E-state index in [-0.39, 0.29) is 17.5 Å². The molecule has 1 heterocycles. The Kier molecular flexibility index (Phi) is 5.68. The molecule has 0 radical (unpaired) electrons. The lowest BCUT2D eigenvalue weighted by Crippen LogP contribution is -2.25. The van der Waals surface area contributed by atoms with E-state index in [1.165, 1.54) is 19.4 Å². The first-order valence-electron chi connectivity index (χ1n) is 7.34. The number of amides is 2. The number of para-hydroxylation sites is 2. The van der Waals surface area contributed by atoms with Gasteiger partial charge >= 0.3 is 0 Å². The van der Waals surface area contributed by atoms with Crippen molar-refractivity contribution < 1.29 is 14.3 Å². The second-order valence-electron chi connectivity index (χ2n) is 4.84. The number of nitrogens with zero attached hydrogens (tertiary/aromatic N) is 1. The zero-order valence-corrected chi connectivity index (χ0v) is 13.1. The number of carbonyl (C=O) groups excluding carboxylic acids is 2. The number of carbonyl (C=O) groups is 2. The minimum absolute atomic E-state index is 0.214. The zero-order valence-electron chi connectivity index (χ0n) is 13.1. The summed E-state index contributed by atoms with van der Waals surface area (Å²) >= 11 is 0. The van der Waals surface area contributed by atoms with Gasteiger partial charge in [0, 0.05) is 18.3 Å². The smallest absolute Gasteiger partial charge is 0.269 e. The Morgan fingerprint density at radius 1 is 1.17 bits per heavy atom. The number of methoxy groups -OCH3 is 1. The molecular weight excluding hydrogens is 294 g/mol. The molecule has 0 unspecified atom stereocenters. The van der Waals surface area contributed by atoms with Gasteiger partial charge in [0.15, 0.2) is 0 Å². The van der Waals surface area contributed by atoms with Crippen molar-refractivity contribution in [2.75, 3.05) is 19.0 Å². The number of pyridine rings is 1. The number of hydrogen-bond donors (Lipinski definition) is 2. The molecule has 6 nitrogen and oxygen atoms in total. The van der Waals surface area contributed by atoms with E-state index in [0.29, 0.717) is 23.5 Å². The molecule has 0 saturated heterocycles. The SMILES string of the molecule is CCCNC(=O)c1cc(C(=O)Nc2ccccc2OC)ccn1. The molecule has 2 aromatic rings. The summed E-state index contributed by atoms with van der Waals surface area (Å²) < 4.78 is 5.20. The molecule has 0 atom stereocenters. The van der Waals surface area contributed by atoms with Crippen LogP contribution in [0.4, 0.5) is 5.69 Å². The summed E-state index contributed by atoms with van der Waals surface area (Å²) in [6.45, 7) is 2.53. The van der Waals surface area contributed by atoms with Crippen molar-refractivity contribution in [1.29, 1.82) is 0 Å². The third-order valence-corrected chi connectivity index (χ3v) is 3.15. The summed E-state index contributed by atoms with van der Waals surface area (Å²) in [7, 11) is 1.54. The van der Waals surface area contributed by atoms with Gasteiger partial charge in [0.1, 0.15) is 11.4 Å². The standard InChI is InChI=1S/C17H19N3O3/c1-3-9-19-17(22)14-11-12(8-10-18-14)16(21)20-13-6-4-5-7-15(13)23-2/h4-8,10-11H,3,9H2,1-2H3,(H,19,22)(H,20,21). The van der Waals surface area contributed by atoms with Crippen molar-refractivity contribution in [3.63, 3.8) is 0 Å². The zero-order chi connectivity index (χ0) is 16.7. The highest BCUT2D eigenvalue weighted by atomic mass is 16.5. The Labute approximate surface area is 134 Å². The van der Waals surface area contributed by atoms with Crippen LogP contribution in [0.3, 0.4) is 0 Å². The average Bonchev–Trinajstić information content (AvgIpc) is 2.60. The predicted molar refractivity (Wildman–Crippen MR) is 87.8 cm³/mol. The minimum Gasteiger partial charge on any atom is -0.495 e. The van der Waals surface area contributed by atoms with E-state index < -0.39 is 0 Å². The van der Waals surface area contributed by atoms with Gasteiger partial charge < -0.3 is 15.4 Å². The summed E-state index contributed by atoms with van der Waals surface area (Å²) in [5, 5.41) is 5.49. The number of benzene rings is 1. The van der Waals surface area contributed by atoms with Crippen molar-refractivity contribution in [3.8, 4) is 5.75 Å². The molecule has 0 aliphatic rings. The average molecular weight is 313 g/mol. The third kappa shape index (κ3) is 4.29. The Morgan fingerprint density at radius 3 is 2.70 bits per heavy atom. The molecule has 6 heteroatoms. The number of nitrogens with one attached hydrogen (secondary N) is 2. The maximum atomic E-state index is 12.3. The van der Waals surface area contributed by atoms with Crippen LogP contribution >= 0.6 is 0 Å². The Morgan fingerprint density at radius 2 is 1.96 bits per heavy atom. The quantitative estimate of drug-likeness (QED) is 0.858. The Hall–Kier alpha value is -2.89. The van der Waals surface area contributed by atoms with Crippen LogP contribution in [0.1, 0.15) is 34.2 Å². The van der Waals surface area contributed by atoms with Crippen LogP contribution in [-0.2, 0) is 0 Å². The van der Waals surface area contributed by atoms with Crippen LogP contribution in [0.2, 0.25) is 0 Å². The molecular formula is C17H19N3O3. The second-order valence-corrected chi connectivity index (χ2v) is 4.84. The predicted octanol–water partition coefficient (Wildman–Crippen LogP) is 2.48. The maximum absolute atomic E-state index is 12.3. The summed E-state index contributed by atoms with van der Waals surface area (Å²) in [4.78, 5) is 28.3. The Bertz CT molecular complexity index is 701. The lowest BCUT2D eigenvalue weighted by atomic mass is 10.2. The first-order valence-corrected chi connectivity index (χ1v) is 7.34. The summed E-state index contributed by atoms with van der Waals surface area (Å²) in [5.41, 5.74) is 1.13. The molecule has 2 rings (SSSR count). The number of rotatable bonds is 6. The third-order valence-electron chi connectivity index (χ3n) is 3.15. The first kappa shape index (κ1) is 16.5. The summed E-state index contributed by atoms with van der Waals surface area (Å²) in [6.07, 6.45) is 2.28. The van der Waals surface area contributed by atoms with Gasteiger partial charge in [-0.05, 0) is 30.7 Å². The minimum atomic E-state index is -0.332. The van der Waals surface area contributed by atoms with Crippen LogP contribution in [0.15, 0.2) is 42.6 Å². The van der Waals surface area contributed by atoms with Crippen molar-refractivity contribution in [2.45, 2.75) is 13.3 Å². The monoisotopic (exact) mass is 313 g/mol. The molecule has 1 aromatic carbocycles. The van der Waals surface area contributed by atoms with E-state index in [0.717, 1.165) is 6.42 Å². The highest BCUT2D eigenvalue weighted by Gasteiger charge is 2.13. The van der Waals surface area contributed by atoms with Crippen LogP contribution < -0.4 is 15.4 Å². The van der Waals surface area contributed by atoms with Crippen LogP contribution in [0, 0.1) is 0 Å². The molecule has 0 saturated carbocycles. The second kappa shape index (κ2) is 7.93. The van der Waals surface area contributed by atoms with E-state index in [1.54, 1.807) is 24.3 Å². The molecule has 2 N–H and O–H groups in total. The molecule has 0 fully saturated rings. The van der Waals surface area contributed by atoms with Gasteiger partial charge in [0.25, 0.3) is 11.8 Å². The normalized spacial score (nSPS) is 10.0. The van der Waals surface area contributed by atoms with Gasteiger partial charge in [-0.15, -0.1) is 0 Å². The van der Waals surface area contributed by atoms with E-state index in [9.17, 15) is 9.59 Å². The number of aromatic nitrogens is 1. The van der Waals surface area contributed by atoms with Crippen molar-refractivity contribution in [1.82, 2.24) is 10.3 Å². The van der Waals surface area contributed by atoms with Gasteiger partial charge in [-0.2, -0.15) is 0 Å². The van der Waals surface area contributed by atoms with E-state index >= 15 is 0 Å². The van der Waals surface area contributed by atoms with Gasteiger partial charge in [-0.25, -0.2) is 0 Å². The van der Waals surface area contributed by atoms with Crippen LogP contribution in [0.5, 0.6) is 5.75 Å². The molecule has 23 heavy (non-hydrogen) atoms. The number of ether oxygens (including phenoxy) is 1.